The summed E-state index contributed by atoms with van der Waals surface area (Å²) in [6, 6.07) is 0. The second-order valence-electron chi connectivity index (χ2n) is 5.34. The van der Waals surface area contributed by atoms with Crippen molar-refractivity contribution in [2.24, 2.45) is 0 Å². The number of rotatable bonds is 8. The smallest absolute Gasteiger partial charge is 0.360 e. The van der Waals surface area contributed by atoms with E-state index in [0.717, 1.165) is 0 Å². The molecule has 0 rings (SSSR count). The number of hydrogen-bond donors (Lipinski definition) is 0. The summed E-state index contributed by atoms with van der Waals surface area (Å²) in [5.74, 6) is 0. The largest absolute Gasteiger partial charge is 0.395 e. The predicted molar refractivity (Wildman–Crippen MR) is 87.0 cm³/mol. The minimum atomic E-state index is -2.13. The summed E-state index contributed by atoms with van der Waals surface area (Å²) in [7, 11) is 0.936. The van der Waals surface area contributed by atoms with Gasteiger partial charge in [0.05, 0.1) is 8.07 Å². The minimum Gasteiger partial charge on any atom is -0.395 e. The Labute approximate surface area is 120 Å². The molecule has 0 heterocycles. The third kappa shape index (κ3) is 6.80. The first kappa shape index (κ1) is 19.0. The van der Waals surface area contributed by atoms with Crippen molar-refractivity contribution in [3.63, 3.8) is 0 Å². The molecule has 0 saturated carbocycles. The quantitative estimate of drug-likeness (QED) is 0.644. The monoisotopic (exact) mass is 320 g/mol. The molecule has 0 saturated heterocycles. The molecule has 7 heteroatoms. The van der Waals surface area contributed by atoms with Crippen molar-refractivity contribution in [3.8, 4) is 0 Å². The van der Waals surface area contributed by atoms with Crippen LogP contribution >= 0.6 is 0 Å². The maximum absolute atomic E-state index is 5.46. The standard InChI is InChI=1S/C12H28O4Si3/c1-13-18(7,14-2)11-9-17(5,6)10-12-19(8,15-3)16-4/h9-12H,1-8H3. The van der Waals surface area contributed by atoms with Crippen molar-refractivity contribution >= 4 is 25.2 Å². The first-order chi connectivity index (χ1) is 8.66. The van der Waals surface area contributed by atoms with Crippen LogP contribution in [0.25, 0.3) is 0 Å². The van der Waals surface area contributed by atoms with Crippen LogP contribution < -0.4 is 0 Å². The van der Waals surface area contributed by atoms with E-state index < -0.39 is 25.2 Å². The molecule has 0 aliphatic rings. The van der Waals surface area contributed by atoms with Gasteiger partial charge in [-0.15, -0.1) is 0 Å². The van der Waals surface area contributed by atoms with Crippen molar-refractivity contribution in [1.82, 2.24) is 0 Å². The average Bonchev–Trinajstić information content (AvgIpc) is 2.42. The molecule has 0 fully saturated rings. The SMILES string of the molecule is CO[Si](C)(C=C[Si](C)(C)C=C[Si](C)(OC)OC)OC. The molecule has 0 atom stereocenters. The van der Waals surface area contributed by atoms with Gasteiger partial charge in [-0.25, -0.2) is 0 Å². The maximum atomic E-state index is 5.46. The fourth-order valence-electron chi connectivity index (χ4n) is 1.23. The first-order valence-electron chi connectivity index (χ1n) is 6.27. The van der Waals surface area contributed by atoms with Gasteiger partial charge in [0.25, 0.3) is 0 Å². The molecule has 0 aromatic rings. The van der Waals surface area contributed by atoms with Gasteiger partial charge in [0, 0.05) is 28.4 Å². The summed E-state index contributed by atoms with van der Waals surface area (Å²) in [5, 5.41) is 0. The Morgan fingerprint density at radius 3 is 1.00 bits per heavy atom. The van der Waals surface area contributed by atoms with E-state index in [0.29, 0.717) is 0 Å². The van der Waals surface area contributed by atoms with Gasteiger partial charge in [-0.2, -0.15) is 0 Å². The molecule has 0 radical (unpaired) electrons. The third-order valence-electron chi connectivity index (χ3n) is 3.25. The molecule has 0 amide bonds. The van der Waals surface area contributed by atoms with Crippen molar-refractivity contribution in [2.75, 3.05) is 28.4 Å². The second-order valence-corrected chi connectivity index (χ2v) is 16.0. The highest BCUT2D eigenvalue weighted by Gasteiger charge is 2.28. The van der Waals surface area contributed by atoms with Crippen LogP contribution in [0.3, 0.4) is 0 Å². The van der Waals surface area contributed by atoms with Crippen LogP contribution in [0.5, 0.6) is 0 Å². The lowest BCUT2D eigenvalue weighted by Crippen LogP contribution is -2.37. The van der Waals surface area contributed by atoms with Gasteiger partial charge in [-0.05, 0) is 13.1 Å². The normalized spacial score (nSPS) is 14.7. The van der Waals surface area contributed by atoms with Gasteiger partial charge in [0.2, 0.25) is 0 Å². The van der Waals surface area contributed by atoms with Gasteiger partial charge >= 0.3 is 17.1 Å². The lowest BCUT2D eigenvalue weighted by atomic mass is 11.2. The van der Waals surface area contributed by atoms with E-state index in [1.54, 1.807) is 28.4 Å². The van der Waals surface area contributed by atoms with Gasteiger partial charge in [-0.1, -0.05) is 35.9 Å². The second kappa shape index (κ2) is 7.67. The van der Waals surface area contributed by atoms with Crippen molar-refractivity contribution < 1.29 is 17.7 Å². The molecule has 0 aromatic carbocycles. The Balaban J connectivity index is 4.90. The summed E-state index contributed by atoms with van der Waals surface area (Å²) in [6.45, 7) is 8.59. The van der Waals surface area contributed by atoms with E-state index in [1.165, 1.54) is 0 Å². The molecule has 0 unspecified atom stereocenters. The molecule has 0 bridgehead atoms. The van der Waals surface area contributed by atoms with E-state index in [-0.39, 0.29) is 0 Å². The zero-order valence-electron chi connectivity index (χ0n) is 13.4. The maximum Gasteiger partial charge on any atom is 0.360 e. The molecule has 0 spiro atoms. The molecule has 0 aliphatic carbocycles. The predicted octanol–water partition coefficient (Wildman–Crippen LogP) is 2.69. The van der Waals surface area contributed by atoms with Crippen LogP contribution in [-0.4, -0.2) is 53.6 Å². The third-order valence-corrected chi connectivity index (χ3v) is 10.8. The number of hydrogen-bond acceptors (Lipinski definition) is 4. The fraction of sp³-hybridized carbons (Fsp3) is 0.667. The molecule has 19 heavy (non-hydrogen) atoms. The van der Waals surface area contributed by atoms with Crippen LogP contribution in [0.15, 0.2) is 22.8 Å². The van der Waals surface area contributed by atoms with E-state index in [1.807, 2.05) is 13.1 Å². The molecule has 4 nitrogen and oxygen atoms in total. The van der Waals surface area contributed by atoms with E-state index in [9.17, 15) is 0 Å². The summed E-state index contributed by atoms with van der Waals surface area (Å²) in [6.07, 6.45) is 0. The van der Waals surface area contributed by atoms with E-state index in [2.05, 4.69) is 35.9 Å². The highest BCUT2D eigenvalue weighted by molar-refractivity contribution is 6.89. The van der Waals surface area contributed by atoms with Crippen LogP contribution in [0, 0.1) is 0 Å². The highest BCUT2D eigenvalue weighted by Crippen LogP contribution is 2.14. The Bertz CT molecular complexity index is 291. The van der Waals surface area contributed by atoms with Gasteiger partial charge in [-0.3, -0.25) is 0 Å². The first-order valence-corrected chi connectivity index (χ1v) is 14.2. The van der Waals surface area contributed by atoms with Crippen LogP contribution in [0.4, 0.5) is 0 Å². The Hall–Kier alpha value is -0.0294. The highest BCUT2D eigenvalue weighted by atomic mass is 28.4. The fourth-order valence-corrected chi connectivity index (χ4v) is 8.07. The molecular formula is C12H28O4Si3. The summed E-state index contributed by atoms with van der Waals surface area (Å²) < 4.78 is 21.8. The van der Waals surface area contributed by atoms with Crippen LogP contribution in [0.1, 0.15) is 0 Å². The van der Waals surface area contributed by atoms with Crippen molar-refractivity contribution in [1.29, 1.82) is 0 Å². The molecular weight excluding hydrogens is 292 g/mol. The van der Waals surface area contributed by atoms with Crippen LogP contribution in [-0.2, 0) is 17.7 Å². The molecule has 0 aliphatic heterocycles. The summed E-state index contributed by atoms with van der Waals surface area (Å²) in [5.41, 5.74) is 8.73. The Morgan fingerprint density at radius 2 is 0.789 bits per heavy atom. The van der Waals surface area contributed by atoms with Crippen molar-refractivity contribution in [2.45, 2.75) is 26.2 Å². The summed E-state index contributed by atoms with van der Waals surface area (Å²) >= 11 is 0. The topological polar surface area (TPSA) is 36.9 Å². The molecule has 112 valence electrons. The zero-order valence-corrected chi connectivity index (χ0v) is 16.4. The molecule has 0 aromatic heterocycles. The lowest BCUT2D eigenvalue weighted by molar-refractivity contribution is 0.263. The Kier molecular flexibility index (Phi) is 7.66. The lowest BCUT2D eigenvalue weighted by Gasteiger charge is -2.22. The minimum absolute atomic E-state index is 1.60. The van der Waals surface area contributed by atoms with E-state index in [4.69, 9.17) is 17.7 Å². The van der Waals surface area contributed by atoms with Crippen LogP contribution in [0.2, 0.25) is 26.2 Å². The molecule has 0 N–H and O–H groups in total. The van der Waals surface area contributed by atoms with Gasteiger partial charge in [0.1, 0.15) is 0 Å². The Morgan fingerprint density at radius 1 is 0.526 bits per heavy atom. The van der Waals surface area contributed by atoms with Gasteiger partial charge in [0.15, 0.2) is 0 Å². The van der Waals surface area contributed by atoms with E-state index >= 15 is 0 Å². The average molecular weight is 321 g/mol. The van der Waals surface area contributed by atoms with Crippen molar-refractivity contribution in [3.05, 3.63) is 22.8 Å². The summed E-state index contributed by atoms with van der Waals surface area (Å²) in [4.78, 5) is 0. The zero-order chi connectivity index (χ0) is 15.2. The van der Waals surface area contributed by atoms with Gasteiger partial charge < -0.3 is 17.7 Å².